The van der Waals surface area contributed by atoms with Gasteiger partial charge in [-0.15, -0.1) is 0 Å². The van der Waals surface area contributed by atoms with Gasteiger partial charge in [0, 0.05) is 0 Å². The highest BCUT2D eigenvalue weighted by Gasteiger charge is 2.27. The summed E-state index contributed by atoms with van der Waals surface area (Å²) in [4.78, 5) is 10.4. The highest BCUT2D eigenvalue weighted by atomic mass is 16.6. The molecule has 0 aromatic rings. The standard InChI is InChI=1S/C10H18O2/c1-2-3-4-5-6-7-9-8-10(11)12-9/h9H,2-8H2,1H3/t9-/m1/s1. The van der Waals surface area contributed by atoms with Crippen molar-refractivity contribution < 1.29 is 9.53 Å². The Morgan fingerprint density at radius 3 is 2.58 bits per heavy atom. The van der Waals surface area contributed by atoms with Gasteiger partial charge in [0.05, 0.1) is 6.42 Å². The van der Waals surface area contributed by atoms with Crippen LogP contribution in [0.4, 0.5) is 0 Å². The molecule has 1 saturated heterocycles. The number of esters is 1. The van der Waals surface area contributed by atoms with E-state index in [2.05, 4.69) is 6.92 Å². The van der Waals surface area contributed by atoms with Gasteiger partial charge in [0.25, 0.3) is 0 Å². The minimum absolute atomic E-state index is 0.0199. The molecule has 1 fully saturated rings. The molecule has 0 N–H and O–H groups in total. The maximum atomic E-state index is 10.4. The van der Waals surface area contributed by atoms with E-state index in [1.165, 1.54) is 32.1 Å². The maximum absolute atomic E-state index is 10.4. The van der Waals surface area contributed by atoms with Crippen molar-refractivity contribution in [2.24, 2.45) is 0 Å². The first-order valence-electron chi connectivity index (χ1n) is 5.02. The summed E-state index contributed by atoms with van der Waals surface area (Å²) in [6.07, 6.45) is 8.47. The first kappa shape index (κ1) is 9.56. The quantitative estimate of drug-likeness (QED) is 0.452. The van der Waals surface area contributed by atoms with E-state index in [1.807, 2.05) is 0 Å². The molecule has 0 radical (unpaired) electrons. The molecule has 0 bridgehead atoms. The number of carbonyl (C=O) groups is 1. The van der Waals surface area contributed by atoms with E-state index >= 15 is 0 Å². The zero-order chi connectivity index (χ0) is 8.81. The van der Waals surface area contributed by atoms with E-state index in [-0.39, 0.29) is 12.1 Å². The van der Waals surface area contributed by atoms with Crippen LogP contribution < -0.4 is 0 Å². The molecule has 1 aliphatic rings. The number of hydrogen-bond donors (Lipinski definition) is 0. The van der Waals surface area contributed by atoms with Crippen LogP contribution in [0.2, 0.25) is 0 Å². The van der Waals surface area contributed by atoms with Gasteiger partial charge in [-0.3, -0.25) is 4.79 Å². The molecule has 0 amide bonds. The van der Waals surface area contributed by atoms with Crippen molar-refractivity contribution in [3.63, 3.8) is 0 Å². The number of carbonyl (C=O) groups excluding carboxylic acids is 1. The first-order valence-corrected chi connectivity index (χ1v) is 5.02. The topological polar surface area (TPSA) is 26.3 Å². The molecule has 1 aliphatic heterocycles. The molecule has 0 aromatic heterocycles. The summed E-state index contributed by atoms with van der Waals surface area (Å²) >= 11 is 0. The number of ether oxygens (including phenoxy) is 1. The predicted octanol–water partition coefficient (Wildman–Crippen LogP) is 2.66. The van der Waals surface area contributed by atoms with Crippen molar-refractivity contribution in [1.29, 1.82) is 0 Å². The van der Waals surface area contributed by atoms with Crippen molar-refractivity contribution in [2.75, 3.05) is 0 Å². The van der Waals surface area contributed by atoms with Crippen LogP contribution in [0.15, 0.2) is 0 Å². The number of unbranched alkanes of at least 4 members (excludes halogenated alkanes) is 4. The first-order chi connectivity index (χ1) is 5.83. The van der Waals surface area contributed by atoms with Crippen molar-refractivity contribution in [3.05, 3.63) is 0 Å². The second-order valence-corrected chi connectivity index (χ2v) is 3.52. The molecule has 1 rings (SSSR count). The Kier molecular flexibility index (Phi) is 4.12. The van der Waals surface area contributed by atoms with Gasteiger partial charge in [0.1, 0.15) is 6.10 Å². The van der Waals surface area contributed by atoms with E-state index in [0.717, 1.165) is 6.42 Å². The van der Waals surface area contributed by atoms with Crippen LogP contribution in [-0.4, -0.2) is 12.1 Å². The summed E-state index contributed by atoms with van der Waals surface area (Å²) in [5.41, 5.74) is 0. The molecule has 2 nitrogen and oxygen atoms in total. The number of cyclic esters (lactones) is 1. The summed E-state index contributed by atoms with van der Waals surface area (Å²) < 4.78 is 4.91. The monoisotopic (exact) mass is 170 g/mol. The van der Waals surface area contributed by atoms with Crippen LogP contribution in [0.25, 0.3) is 0 Å². The van der Waals surface area contributed by atoms with Crippen molar-refractivity contribution in [1.82, 2.24) is 0 Å². The van der Waals surface area contributed by atoms with Crippen molar-refractivity contribution in [3.8, 4) is 0 Å². The molecule has 0 saturated carbocycles. The van der Waals surface area contributed by atoms with E-state index < -0.39 is 0 Å². The lowest BCUT2D eigenvalue weighted by Crippen LogP contribution is -2.32. The largest absolute Gasteiger partial charge is 0.462 e. The lowest BCUT2D eigenvalue weighted by molar-refractivity contribution is -0.169. The molecule has 70 valence electrons. The molecule has 1 atom stereocenters. The molecule has 0 unspecified atom stereocenters. The average molecular weight is 170 g/mol. The van der Waals surface area contributed by atoms with Gasteiger partial charge < -0.3 is 4.74 Å². The Hall–Kier alpha value is -0.530. The van der Waals surface area contributed by atoms with Gasteiger partial charge in [-0.2, -0.15) is 0 Å². The number of rotatable bonds is 6. The normalized spacial score (nSPS) is 21.8. The lowest BCUT2D eigenvalue weighted by Gasteiger charge is -2.25. The fraction of sp³-hybridized carbons (Fsp3) is 0.900. The molecule has 12 heavy (non-hydrogen) atoms. The molecule has 2 heteroatoms. The van der Waals surface area contributed by atoms with Crippen LogP contribution in [0.5, 0.6) is 0 Å². The predicted molar refractivity (Wildman–Crippen MR) is 47.9 cm³/mol. The van der Waals surface area contributed by atoms with E-state index in [4.69, 9.17) is 4.74 Å². The summed E-state index contributed by atoms with van der Waals surface area (Å²) in [5, 5.41) is 0. The second-order valence-electron chi connectivity index (χ2n) is 3.52. The van der Waals surface area contributed by atoms with Gasteiger partial charge in [-0.1, -0.05) is 32.6 Å². The third-order valence-corrected chi connectivity index (χ3v) is 2.32. The van der Waals surface area contributed by atoms with Gasteiger partial charge >= 0.3 is 5.97 Å². The summed E-state index contributed by atoms with van der Waals surface area (Å²) in [7, 11) is 0. The van der Waals surface area contributed by atoms with Gasteiger partial charge in [0.2, 0.25) is 0 Å². The van der Waals surface area contributed by atoms with Gasteiger partial charge in [0.15, 0.2) is 0 Å². The smallest absolute Gasteiger partial charge is 0.309 e. The summed E-state index contributed by atoms with van der Waals surface area (Å²) in [6.45, 7) is 2.22. The zero-order valence-corrected chi connectivity index (χ0v) is 7.84. The molecule has 0 aromatic carbocycles. The third-order valence-electron chi connectivity index (χ3n) is 2.32. The molecular formula is C10H18O2. The highest BCUT2D eigenvalue weighted by molar-refractivity contribution is 5.75. The fourth-order valence-corrected chi connectivity index (χ4v) is 1.50. The van der Waals surface area contributed by atoms with E-state index in [0.29, 0.717) is 6.42 Å². The van der Waals surface area contributed by atoms with E-state index in [1.54, 1.807) is 0 Å². The SMILES string of the molecule is CCCCCCC[C@@H]1CC(=O)O1. The summed E-state index contributed by atoms with van der Waals surface area (Å²) in [5.74, 6) is -0.0199. The van der Waals surface area contributed by atoms with Crippen LogP contribution in [0.1, 0.15) is 51.9 Å². The molecule has 0 aliphatic carbocycles. The Morgan fingerprint density at radius 1 is 1.33 bits per heavy atom. The molecule has 0 spiro atoms. The number of hydrogen-bond acceptors (Lipinski definition) is 2. The highest BCUT2D eigenvalue weighted by Crippen LogP contribution is 2.19. The van der Waals surface area contributed by atoms with E-state index in [9.17, 15) is 4.79 Å². The van der Waals surface area contributed by atoms with Crippen LogP contribution in [0.3, 0.4) is 0 Å². The Balaban J connectivity index is 1.80. The molecule has 1 heterocycles. The van der Waals surface area contributed by atoms with Crippen LogP contribution in [-0.2, 0) is 9.53 Å². The second kappa shape index (κ2) is 5.18. The summed E-state index contributed by atoms with van der Waals surface area (Å²) in [6, 6.07) is 0. The van der Waals surface area contributed by atoms with Gasteiger partial charge in [-0.05, 0) is 12.8 Å². The third kappa shape index (κ3) is 3.24. The Labute approximate surface area is 74.3 Å². The minimum atomic E-state index is -0.0199. The fourth-order valence-electron chi connectivity index (χ4n) is 1.50. The Bertz CT molecular complexity index is 135. The molecular weight excluding hydrogens is 152 g/mol. The van der Waals surface area contributed by atoms with Crippen LogP contribution in [0, 0.1) is 0 Å². The van der Waals surface area contributed by atoms with Gasteiger partial charge in [-0.25, -0.2) is 0 Å². The lowest BCUT2D eigenvalue weighted by atomic mass is 10.0. The minimum Gasteiger partial charge on any atom is -0.462 e. The van der Waals surface area contributed by atoms with Crippen molar-refractivity contribution >= 4 is 5.97 Å². The average Bonchev–Trinajstić information content (AvgIpc) is 2.00. The maximum Gasteiger partial charge on any atom is 0.309 e. The zero-order valence-electron chi connectivity index (χ0n) is 7.84. The van der Waals surface area contributed by atoms with Crippen molar-refractivity contribution in [2.45, 2.75) is 58.0 Å². The van der Waals surface area contributed by atoms with Crippen LogP contribution >= 0.6 is 0 Å². The Morgan fingerprint density at radius 2 is 2.00 bits per heavy atom.